The van der Waals surface area contributed by atoms with Crippen LogP contribution in [0.5, 0.6) is 0 Å². The van der Waals surface area contributed by atoms with Crippen LogP contribution in [0.3, 0.4) is 0 Å². The predicted molar refractivity (Wildman–Crippen MR) is 152 cm³/mol. The summed E-state index contributed by atoms with van der Waals surface area (Å²) in [6, 6.07) is 40.1. The number of para-hydroxylation sites is 1. The van der Waals surface area contributed by atoms with Gasteiger partial charge in [-0.25, -0.2) is 4.98 Å². The minimum atomic E-state index is -0.0121. The third kappa shape index (κ3) is 3.54. The first-order valence-corrected chi connectivity index (χ1v) is 12.6. The van der Waals surface area contributed by atoms with E-state index < -0.39 is 0 Å². The highest BCUT2D eigenvalue weighted by atomic mass is 16.3. The number of oxazole rings is 1. The Bertz CT molecular complexity index is 1760. The first kappa shape index (κ1) is 21.6. The predicted octanol–water partition coefficient (Wildman–Crippen LogP) is 9.21. The maximum absolute atomic E-state index is 6.23. The van der Waals surface area contributed by atoms with Gasteiger partial charge in [0.05, 0.1) is 0 Å². The molecule has 0 bridgehead atoms. The van der Waals surface area contributed by atoms with Gasteiger partial charge in [0.25, 0.3) is 0 Å². The fourth-order valence-corrected chi connectivity index (χ4v) is 5.56. The molecule has 1 N–H and O–H groups in total. The second-order valence-corrected chi connectivity index (χ2v) is 10.2. The van der Waals surface area contributed by atoms with Gasteiger partial charge in [-0.3, -0.25) is 0 Å². The van der Waals surface area contributed by atoms with Crippen molar-refractivity contribution in [2.45, 2.75) is 19.3 Å². The molecule has 0 unspecified atom stereocenters. The van der Waals surface area contributed by atoms with E-state index >= 15 is 0 Å². The molecule has 0 amide bonds. The lowest BCUT2D eigenvalue weighted by molar-refractivity contribution is 0.621. The molecule has 5 aromatic carbocycles. The zero-order valence-electron chi connectivity index (χ0n) is 20.8. The van der Waals surface area contributed by atoms with Gasteiger partial charge >= 0.3 is 0 Å². The van der Waals surface area contributed by atoms with Gasteiger partial charge in [-0.2, -0.15) is 0 Å². The van der Waals surface area contributed by atoms with Crippen LogP contribution in [0.15, 0.2) is 120 Å². The van der Waals surface area contributed by atoms with Crippen LogP contribution in [0, 0.1) is 0 Å². The van der Waals surface area contributed by atoms with E-state index in [0.717, 1.165) is 39.2 Å². The lowest BCUT2D eigenvalue weighted by atomic mass is 9.82. The van der Waals surface area contributed by atoms with Gasteiger partial charge in [-0.15, -0.1) is 0 Å². The van der Waals surface area contributed by atoms with Crippen molar-refractivity contribution in [3.05, 3.63) is 126 Å². The SMILES string of the molecule is CC1(C)c2ccccc2-c2ccc(Nc3ccc(-c4cccc5nc(-c6ccccc6)oc45)cc3)cc21. The van der Waals surface area contributed by atoms with Gasteiger partial charge in [-0.1, -0.05) is 86.6 Å². The molecule has 0 saturated carbocycles. The number of hydrogen-bond acceptors (Lipinski definition) is 3. The van der Waals surface area contributed by atoms with E-state index in [-0.39, 0.29) is 5.41 Å². The molecule has 1 aliphatic rings. The van der Waals surface area contributed by atoms with E-state index in [4.69, 9.17) is 9.40 Å². The van der Waals surface area contributed by atoms with Crippen LogP contribution in [-0.2, 0) is 5.41 Å². The average molecular weight is 479 g/mol. The Morgan fingerprint density at radius 3 is 2.14 bits per heavy atom. The summed E-state index contributed by atoms with van der Waals surface area (Å²) < 4.78 is 6.23. The van der Waals surface area contributed by atoms with E-state index in [1.165, 1.54) is 22.3 Å². The van der Waals surface area contributed by atoms with E-state index in [9.17, 15) is 0 Å². The Balaban J connectivity index is 1.18. The van der Waals surface area contributed by atoms with E-state index in [1.807, 2.05) is 42.5 Å². The second kappa shape index (κ2) is 8.21. The van der Waals surface area contributed by atoms with Gasteiger partial charge in [0.2, 0.25) is 5.89 Å². The lowest BCUT2D eigenvalue weighted by Crippen LogP contribution is -2.15. The molecule has 3 heteroatoms. The summed E-state index contributed by atoms with van der Waals surface area (Å²) >= 11 is 0. The highest BCUT2D eigenvalue weighted by Crippen LogP contribution is 2.49. The van der Waals surface area contributed by atoms with Crippen LogP contribution in [-0.4, -0.2) is 4.98 Å². The number of rotatable bonds is 4. The van der Waals surface area contributed by atoms with Crippen molar-refractivity contribution >= 4 is 22.5 Å². The van der Waals surface area contributed by atoms with Gasteiger partial charge in [0, 0.05) is 27.9 Å². The first-order valence-electron chi connectivity index (χ1n) is 12.6. The average Bonchev–Trinajstić information content (AvgIpc) is 3.47. The van der Waals surface area contributed by atoms with Crippen molar-refractivity contribution in [1.29, 1.82) is 0 Å². The van der Waals surface area contributed by atoms with Crippen LogP contribution in [0.4, 0.5) is 11.4 Å². The Labute approximate surface area is 216 Å². The van der Waals surface area contributed by atoms with Crippen molar-refractivity contribution in [1.82, 2.24) is 4.98 Å². The van der Waals surface area contributed by atoms with Crippen molar-refractivity contribution in [2.24, 2.45) is 0 Å². The normalized spacial score (nSPS) is 13.4. The molecule has 0 saturated heterocycles. The summed E-state index contributed by atoms with van der Waals surface area (Å²) in [4.78, 5) is 4.72. The minimum Gasteiger partial charge on any atom is -0.435 e. The van der Waals surface area contributed by atoms with Gasteiger partial charge < -0.3 is 9.73 Å². The maximum atomic E-state index is 6.23. The second-order valence-electron chi connectivity index (χ2n) is 10.2. The standard InChI is InChI=1S/C34H26N2O/c1-34(2)29-13-7-6-11-27(29)28-20-19-25(21-30(28)34)35-24-17-15-22(16-18-24)26-12-8-14-31-32(26)37-33(36-31)23-9-4-3-5-10-23/h3-21,35H,1-2H3. The number of aromatic nitrogens is 1. The molecule has 1 heterocycles. The molecule has 0 radical (unpaired) electrons. The molecule has 0 spiro atoms. The number of fused-ring (bicyclic) bond motifs is 4. The van der Waals surface area contributed by atoms with Crippen molar-refractivity contribution in [3.8, 4) is 33.7 Å². The fraction of sp³-hybridized carbons (Fsp3) is 0.0882. The zero-order chi connectivity index (χ0) is 25.0. The van der Waals surface area contributed by atoms with Crippen LogP contribution >= 0.6 is 0 Å². The molecule has 1 aromatic heterocycles. The fourth-order valence-electron chi connectivity index (χ4n) is 5.56. The monoisotopic (exact) mass is 478 g/mol. The third-order valence-electron chi connectivity index (χ3n) is 7.50. The molecule has 7 rings (SSSR count). The summed E-state index contributed by atoms with van der Waals surface area (Å²) in [5, 5.41) is 3.60. The Kier molecular flexibility index (Phi) is 4.80. The Morgan fingerprint density at radius 1 is 0.595 bits per heavy atom. The molecule has 37 heavy (non-hydrogen) atoms. The van der Waals surface area contributed by atoms with Crippen LogP contribution in [0.1, 0.15) is 25.0 Å². The lowest BCUT2D eigenvalue weighted by Gasteiger charge is -2.22. The molecule has 3 nitrogen and oxygen atoms in total. The summed E-state index contributed by atoms with van der Waals surface area (Å²) in [6.45, 7) is 4.62. The minimum absolute atomic E-state index is 0.0121. The zero-order valence-corrected chi connectivity index (χ0v) is 20.8. The van der Waals surface area contributed by atoms with E-state index in [2.05, 4.69) is 92.0 Å². The smallest absolute Gasteiger partial charge is 0.227 e. The number of nitrogens with zero attached hydrogens (tertiary/aromatic N) is 1. The molecule has 6 aromatic rings. The highest BCUT2D eigenvalue weighted by Gasteiger charge is 2.35. The van der Waals surface area contributed by atoms with E-state index in [0.29, 0.717) is 5.89 Å². The van der Waals surface area contributed by atoms with Crippen LogP contribution in [0.25, 0.3) is 44.8 Å². The summed E-state index contributed by atoms with van der Waals surface area (Å²) in [5.41, 5.74) is 12.3. The molecule has 0 atom stereocenters. The van der Waals surface area contributed by atoms with E-state index in [1.54, 1.807) is 0 Å². The van der Waals surface area contributed by atoms with Crippen LogP contribution < -0.4 is 5.32 Å². The molecule has 178 valence electrons. The van der Waals surface area contributed by atoms with Gasteiger partial charge in [-0.05, 0) is 70.3 Å². The molecular formula is C34H26N2O. The number of anilines is 2. The Morgan fingerprint density at radius 2 is 1.30 bits per heavy atom. The number of hydrogen-bond donors (Lipinski definition) is 1. The topological polar surface area (TPSA) is 38.1 Å². The van der Waals surface area contributed by atoms with Crippen molar-refractivity contribution in [2.75, 3.05) is 5.32 Å². The molecule has 0 aliphatic heterocycles. The molecule has 0 fully saturated rings. The van der Waals surface area contributed by atoms with Gasteiger partial charge in [0.1, 0.15) is 5.52 Å². The van der Waals surface area contributed by atoms with Crippen molar-refractivity contribution < 1.29 is 4.42 Å². The maximum Gasteiger partial charge on any atom is 0.227 e. The summed E-state index contributed by atoms with van der Waals surface area (Å²) in [5.74, 6) is 0.642. The van der Waals surface area contributed by atoms with Crippen LogP contribution in [0.2, 0.25) is 0 Å². The Hall–Kier alpha value is -4.63. The third-order valence-corrected chi connectivity index (χ3v) is 7.50. The van der Waals surface area contributed by atoms with Gasteiger partial charge in [0.15, 0.2) is 5.58 Å². The summed E-state index contributed by atoms with van der Waals surface area (Å²) in [6.07, 6.45) is 0. The molecular weight excluding hydrogens is 452 g/mol. The first-order chi connectivity index (χ1) is 18.1. The number of benzene rings is 5. The highest BCUT2D eigenvalue weighted by molar-refractivity contribution is 5.92. The number of nitrogens with one attached hydrogen (secondary N) is 1. The summed E-state index contributed by atoms with van der Waals surface area (Å²) in [7, 11) is 0. The van der Waals surface area contributed by atoms with Crippen molar-refractivity contribution in [3.63, 3.8) is 0 Å². The largest absolute Gasteiger partial charge is 0.435 e. The molecule has 1 aliphatic carbocycles. The quantitative estimate of drug-likeness (QED) is 0.274.